The molecule has 0 heterocycles. The van der Waals surface area contributed by atoms with E-state index in [9.17, 15) is 9.59 Å². The number of carbonyl (C=O) groups is 2. The molecule has 29 heavy (non-hydrogen) atoms. The van der Waals surface area contributed by atoms with E-state index < -0.39 is 0 Å². The van der Waals surface area contributed by atoms with Crippen LogP contribution in [0.15, 0.2) is 60.7 Å². The van der Waals surface area contributed by atoms with Gasteiger partial charge in [0.2, 0.25) is 0 Å². The van der Waals surface area contributed by atoms with Gasteiger partial charge in [-0.05, 0) is 54.3 Å². The molecule has 0 atom stereocenters. The molecule has 0 saturated carbocycles. The Labute approximate surface area is 196 Å². The van der Waals surface area contributed by atoms with E-state index in [1.165, 1.54) is 20.3 Å². The van der Waals surface area contributed by atoms with Gasteiger partial charge in [-0.3, -0.25) is 0 Å². The van der Waals surface area contributed by atoms with Crippen LogP contribution in [0.5, 0.6) is 0 Å². The molecule has 7 heteroatoms. The molecule has 0 aromatic heterocycles. The molecule has 2 rings (SSSR count). The predicted molar refractivity (Wildman–Crippen MR) is 112 cm³/mol. The summed E-state index contributed by atoms with van der Waals surface area (Å²) in [5, 5.41) is 0. The molecule has 0 amide bonds. The number of carbonyl (C=O) groups excluding carboxylic acids is 2. The molecule has 0 spiro atoms. The molecule has 151 valence electrons. The van der Waals surface area contributed by atoms with Crippen LogP contribution in [0.2, 0.25) is 0 Å². The molecule has 0 bridgehead atoms. The van der Waals surface area contributed by atoms with Gasteiger partial charge in [0.15, 0.2) is 0 Å². The van der Waals surface area contributed by atoms with Gasteiger partial charge in [0, 0.05) is 55.7 Å². The Morgan fingerprint density at radius 2 is 1.52 bits per heavy atom. The van der Waals surface area contributed by atoms with Crippen molar-refractivity contribution in [2.75, 3.05) is 25.7 Å². The van der Waals surface area contributed by atoms with E-state index >= 15 is 0 Å². The van der Waals surface area contributed by atoms with Crippen molar-refractivity contribution in [1.82, 2.24) is 0 Å². The van der Waals surface area contributed by atoms with E-state index in [-0.39, 0.29) is 44.6 Å². The SMILES string of the molecule is C=C(C)C(=O)OC.COC(=O)/C=C/c1ccc(Cc2cc(N)cc(N)c2)cc1.[Y]. The molecule has 0 fully saturated rings. The summed E-state index contributed by atoms with van der Waals surface area (Å²) in [5.74, 6) is -0.714. The maximum atomic E-state index is 11.0. The Hall–Kier alpha value is -2.44. The molecule has 0 aliphatic carbocycles. The molecule has 0 aliphatic heterocycles. The van der Waals surface area contributed by atoms with E-state index in [1.54, 1.807) is 19.1 Å². The fraction of sp³-hybridized carbons (Fsp3) is 0.182. The van der Waals surface area contributed by atoms with Gasteiger partial charge in [0.05, 0.1) is 14.2 Å². The summed E-state index contributed by atoms with van der Waals surface area (Å²) in [4.78, 5) is 21.2. The van der Waals surface area contributed by atoms with Crippen LogP contribution in [0.1, 0.15) is 23.6 Å². The van der Waals surface area contributed by atoms with Crippen LogP contribution in [0.25, 0.3) is 6.08 Å². The summed E-state index contributed by atoms with van der Waals surface area (Å²) < 4.78 is 8.82. The number of rotatable bonds is 5. The summed E-state index contributed by atoms with van der Waals surface area (Å²) in [5.41, 5.74) is 16.5. The molecule has 0 aliphatic rings. The van der Waals surface area contributed by atoms with Gasteiger partial charge in [-0.2, -0.15) is 0 Å². The number of nitrogens with two attached hydrogens (primary N) is 2. The second-order valence-electron chi connectivity index (χ2n) is 6.05. The molecule has 0 saturated heterocycles. The maximum Gasteiger partial charge on any atom is 0.332 e. The first-order valence-electron chi connectivity index (χ1n) is 8.49. The summed E-state index contributed by atoms with van der Waals surface area (Å²) >= 11 is 0. The Morgan fingerprint density at radius 1 is 0.966 bits per heavy atom. The van der Waals surface area contributed by atoms with Crippen LogP contribution in [-0.2, 0) is 58.2 Å². The second-order valence-corrected chi connectivity index (χ2v) is 6.05. The van der Waals surface area contributed by atoms with Crippen molar-refractivity contribution in [2.45, 2.75) is 13.3 Å². The first-order valence-corrected chi connectivity index (χ1v) is 8.49. The van der Waals surface area contributed by atoms with Crippen molar-refractivity contribution < 1.29 is 51.8 Å². The van der Waals surface area contributed by atoms with Crippen LogP contribution in [0, 0.1) is 0 Å². The van der Waals surface area contributed by atoms with Crippen molar-refractivity contribution in [2.24, 2.45) is 0 Å². The minimum Gasteiger partial charge on any atom is -0.466 e. The Morgan fingerprint density at radius 3 is 1.93 bits per heavy atom. The van der Waals surface area contributed by atoms with Crippen molar-refractivity contribution in [3.8, 4) is 0 Å². The number of hydrogen-bond acceptors (Lipinski definition) is 6. The van der Waals surface area contributed by atoms with Gasteiger partial charge < -0.3 is 20.9 Å². The Kier molecular flexibility index (Phi) is 12.5. The maximum absolute atomic E-state index is 11.0. The van der Waals surface area contributed by atoms with Crippen LogP contribution < -0.4 is 11.5 Å². The quantitative estimate of drug-likeness (QED) is 0.394. The molecule has 0 unspecified atom stereocenters. The third kappa shape index (κ3) is 10.6. The van der Waals surface area contributed by atoms with Crippen molar-refractivity contribution in [3.63, 3.8) is 0 Å². The smallest absolute Gasteiger partial charge is 0.332 e. The van der Waals surface area contributed by atoms with E-state index in [0.29, 0.717) is 16.9 Å². The van der Waals surface area contributed by atoms with Crippen LogP contribution in [-0.4, -0.2) is 26.2 Å². The second kappa shape index (κ2) is 13.7. The number of benzene rings is 2. The number of ether oxygens (including phenoxy) is 2. The van der Waals surface area contributed by atoms with Gasteiger partial charge in [0.1, 0.15) is 0 Å². The van der Waals surface area contributed by atoms with Crippen LogP contribution >= 0.6 is 0 Å². The number of esters is 2. The van der Waals surface area contributed by atoms with Gasteiger partial charge in [-0.1, -0.05) is 30.8 Å². The topological polar surface area (TPSA) is 105 Å². The first kappa shape index (κ1) is 26.6. The number of nitrogen functional groups attached to an aromatic ring is 2. The normalized spacial score (nSPS) is 9.62. The zero-order chi connectivity index (χ0) is 21.1. The predicted octanol–water partition coefficient (Wildman–Crippen LogP) is 3.36. The van der Waals surface area contributed by atoms with Crippen molar-refractivity contribution in [1.29, 1.82) is 0 Å². The number of anilines is 2. The zero-order valence-electron chi connectivity index (χ0n) is 17.0. The van der Waals surface area contributed by atoms with Gasteiger partial charge in [0.25, 0.3) is 0 Å². The van der Waals surface area contributed by atoms with Crippen LogP contribution in [0.3, 0.4) is 0 Å². The molecule has 2 aromatic rings. The summed E-state index contributed by atoms with van der Waals surface area (Å²) in [7, 11) is 2.68. The van der Waals surface area contributed by atoms with E-state index in [2.05, 4.69) is 16.1 Å². The molecule has 2 aromatic carbocycles. The fourth-order valence-corrected chi connectivity index (χ4v) is 2.24. The molecule has 1 radical (unpaired) electrons. The Balaban J connectivity index is 0.000000846. The molecule has 6 nitrogen and oxygen atoms in total. The van der Waals surface area contributed by atoms with Gasteiger partial charge >= 0.3 is 11.9 Å². The monoisotopic (exact) mass is 471 g/mol. The first-order chi connectivity index (χ1) is 13.2. The van der Waals surface area contributed by atoms with Crippen molar-refractivity contribution >= 4 is 29.4 Å². The molecular weight excluding hydrogens is 445 g/mol. The van der Waals surface area contributed by atoms with Gasteiger partial charge in [-0.25, -0.2) is 9.59 Å². The van der Waals surface area contributed by atoms with Crippen LogP contribution in [0.4, 0.5) is 11.4 Å². The van der Waals surface area contributed by atoms with Gasteiger partial charge in [-0.15, -0.1) is 0 Å². The third-order valence-corrected chi connectivity index (χ3v) is 3.57. The minimum atomic E-state index is -0.366. The summed E-state index contributed by atoms with van der Waals surface area (Å²) in [6, 6.07) is 13.5. The summed E-state index contributed by atoms with van der Waals surface area (Å²) in [6.07, 6.45) is 3.87. The fourth-order valence-electron chi connectivity index (χ4n) is 2.24. The van der Waals surface area contributed by atoms with E-state index in [1.807, 2.05) is 36.4 Å². The summed E-state index contributed by atoms with van der Waals surface area (Å²) in [6.45, 7) is 4.95. The Bertz CT molecular complexity index is 841. The van der Waals surface area contributed by atoms with E-state index in [0.717, 1.165) is 23.1 Å². The largest absolute Gasteiger partial charge is 0.466 e. The number of methoxy groups -OCH3 is 2. The average Bonchev–Trinajstić information content (AvgIpc) is 2.66. The zero-order valence-corrected chi connectivity index (χ0v) is 19.8. The average molecular weight is 471 g/mol. The minimum absolute atomic E-state index is 0. The third-order valence-electron chi connectivity index (χ3n) is 3.57. The van der Waals surface area contributed by atoms with E-state index in [4.69, 9.17) is 11.5 Å². The molecule has 4 N–H and O–H groups in total. The number of hydrogen-bond donors (Lipinski definition) is 2. The van der Waals surface area contributed by atoms with Crippen molar-refractivity contribution in [3.05, 3.63) is 77.4 Å². The standard InChI is InChI=1S/C17H18N2O2.C5H8O2.Y/c1-21-17(20)7-6-12-2-4-13(5-3-12)8-14-9-15(18)11-16(19)10-14;1-4(2)5(6)7-3;/h2-7,9-11H,8,18-19H2,1H3;1H2,2-3H3;/b7-6+;;. The molecular formula is C22H26N2O4Y.